The van der Waals surface area contributed by atoms with Gasteiger partial charge in [-0.05, 0) is 29.3 Å². The lowest BCUT2D eigenvalue weighted by Gasteiger charge is -2.08. The predicted octanol–water partition coefficient (Wildman–Crippen LogP) is 6.17. The maximum Gasteiger partial charge on any atom is 0.265 e. The van der Waals surface area contributed by atoms with Gasteiger partial charge >= 0.3 is 0 Å². The van der Waals surface area contributed by atoms with Gasteiger partial charge in [0.05, 0.1) is 18.8 Å². The van der Waals surface area contributed by atoms with E-state index in [1.165, 1.54) is 19.3 Å². The highest BCUT2D eigenvalue weighted by atomic mass is 16.5. The Bertz CT molecular complexity index is 1470. The number of rotatable bonds is 9. The SMILES string of the molecule is CCCCCCn1c2ccccc2c2nnc(N/N=C/c3c(OC)ccc4ccccc34)nc21. The van der Waals surface area contributed by atoms with Crippen LogP contribution in [0, 0.1) is 0 Å². The molecule has 1 N–H and O–H groups in total. The minimum absolute atomic E-state index is 0.362. The fourth-order valence-electron chi connectivity index (χ4n) is 4.42. The molecule has 172 valence electrons. The molecule has 0 saturated heterocycles. The standard InChI is InChI=1S/C27H28N6O/c1-3-4-5-10-17-33-23-14-9-8-13-21(23)25-26(33)29-27(32-30-25)31-28-18-22-20-12-7-6-11-19(20)15-16-24(22)34-2/h6-9,11-16,18H,3-5,10,17H2,1-2H3,(H,29,31,32)/b28-18+. The molecule has 5 aromatic rings. The number of nitrogens with one attached hydrogen (secondary N) is 1. The summed E-state index contributed by atoms with van der Waals surface area (Å²) in [7, 11) is 1.66. The molecule has 0 saturated carbocycles. The summed E-state index contributed by atoms with van der Waals surface area (Å²) in [6, 6.07) is 20.4. The molecule has 7 nitrogen and oxygen atoms in total. The van der Waals surface area contributed by atoms with Crippen molar-refractivity contribution in [2.45, 2.75) is 39.2 Å². The number of methoxy groups -OCH3 is 1. The lowest BCUT2D eigenvalue weighted by atomic mass is 10.0. The van der Waals surface area contributed by atoms with E-state index >= 15 is 0 Å². The van der Waals surface area contributed by atoms with Crippen LogP contribution in [0.15, 0.2) is 65.8 Å². The lowest BCUT2D eigenvalue weighted by Crippen LogP contribution is -2.04. The van der Waals surface area contributed by atoms with Crippen LogP contribution in [0.1, 0.15) is 38.2 Å². The van der Waals surface area contributed by atoms with Gasteiger partial charge in [0.15, 0.2) is 5.65 Å². The molecule has 0 radical (unpaired) electrons. The Morgan fingerprint density at radius 2 is 1.76 bits per heavy atom. The fraction of sp³-hybridized carbons (Fsp3) is 0.259. The second kappa shape index (κ2) is 9.87. The number of hydrogen-bond donors (Lipinski definition) is 1. The van der Waals surface area contributed by atoms with Gasteiger partial charge in [-0.15, -0.1) is 10.2 Å². The summed E-state index contributed by atoms with van der Waals surface area (Å²) in [5.41, 5.74) is 6.64. The van der Waals surface area contributed by atoms with E-state index in [9.17, 15) is 0 Å². The Morgan fingerprint density at radius 3 is 2.62 bits per heavy atom. The van der Waals surface area contributed by atoms with E-state index in [1.807, 2.05) is 30.3 Å². The molecular formula is C27H28N6O. The molecule has 2 heterocycles. The average Bonchev–Trinajstić information content (AvgIpc) is 3.19. The van der Waals surface area contributed by atoms with Crippen LogP contribution in [0.25, 0.3) is 32.8 Å². The van der Waals surface area contributed by atoms with Crippen molar-refractivity contribution in [3.05, 3.63) is 66.2 Å². The van der Waals surface area contributed by atoms with E-state index in [4.69, 9.17) is 9.72 Å². The number of para-hydroxylation sites is 1. The largest absolute Gasteiger partial charge is 0.496 e. The molecule has 0 spiro atoms. The van der Waals surface area contributed by atoms with Gasteiger partial charge in [-0.2, -0.15) is 10.1 Å². The van der Waals surface area contributed by atoms with E-state index in [0.29, 0.717) is 5.95 Å². The van der Waals surface area contributed by atoms with Crippen LogP contribution < -0.4 is 10.2 Å². The summed E-state index contributed by atoms with van der Waals surface area (Å²) in [5.74, 6) is 1.12. The maximum atomic E-state index is 5.55. The molecule has 0 aliphatic rings. The first-order valence-corrected chi connectivity index (χ1v) is 11.8. The van der Waals surface area contributed by atoms with Crippen molar-refractivity contribution in [2.75, 3.05) is 12.5 Å². The van der Waals surface area contributed by atoms with E-state index in [0.717, 1.165) is 57.1 Å². The Labute approximate surface area is 198 Å². The number of unbranched alkanes of at least 4 members (excludes halogenated alkanes) is 3. The van der Waals surface area contributed by atoms with Gasteiger partial charge in [0, 0.05) is 17.5 Å². The number of ether oxygens (including phenoxy) is 1. The number of hydrazone groups is 1. The van der Waals surface area contributed by atoms with Gasteiger partial charge in [-0.1, -0.05) is 74.7 Å². The van der Waals surface area contributed by atoms with Crippen LogP contribution in [0.3, 0.4) is 0 Å². The first kappa shape index (κ1) is 21.8. The summed E-state index contributed by atoms with van der Waals surface area (Å²) in [6.07, 6.45) is 6.50. The zero-order valence-corrected chi connectivity index (χ0v) is 19.5. The van der Waals surface area contributed by atoms with Crippen LogP contribution in [-0.2, 0) is 6.54 Å². The van der Waals surface area contributed by atoms with Crippen LogP contribution in [-0.4, -0.2) is 33.1 Å². The number of aryl methyl sites for hydroxylation is 1. The molecule has 0 aliphatic heterocycles. The summed E-state index contributed by atoms with van der Waals surface area (Å²) >= 11 is 0. The van der Waals surface area contributed by atoms with Crippen molar-refractivity contribution in [1.29, 1.82) is 0 Å². The molecule has 34 heavy (non-hydrogen) atoms. The molecule has 3 aromatic carbocycles. The van der Waals surface area contributed by atoms with Crippen LogP contribution in [0.2, 0.25) is 0 Å². The number of anilines is 1. The number of nitrogens with zero attached hydrogens (tertiary/aromatic N) is 5. The van der Waals surface area contributed by atoms with Crippen molar-refractivity contribution < 1.29 is 4.74 Å². The summed E-state index contributed by atoms with van der Waals surface area (Å²) in [6.45, 7) is 3.13. The van der Waals surface area contributed by atoms with Crippen molar-refractivity contribution in [3.8, 4) is 5.75 Å². The average molecular weight is 453 g/mol. The molecule has 0 atom stereocenters. The highest BCUT2D eigenvalue weighted by Gasteiger charge is 2.14. The van der Waals surface area contributed by atoms with Gasteiger partial charge in [-0.3, -0.25) is 0 Å². The highest BCUT2D eigenvalue weighted by Crippen LogP contribution is 2.28. The van der Waals surface area contributed by atoms with Crippen molar-refractivity contribution in [3.63, 3.8) is 0 Å². The summed E-state index contributed by atoms with van der Waals surface area (Å²) < 4.78 is 7.80. The summed E-state index contributed by atoms with van der Waals surface area (Å²) in [4.78, 5) is 4.78. The number of aromatic nitrogens is 4. The third-order valence-corrected chi connectivity index (χ3v) is 6.12. The maximum absolute atomic E-state index is 5.55. The minimum atomic E-state index is 0.362. The number of benzene rings is 3. The Balaban J connectivity index is 1.47. The smallest absolute Gasteiger partial charge is 0.265 e. The van der Waals surface area contributed by atoms with Gasteiger partial charge < -0.3 is 9.30 Å². The van der Waals surface area contributed by atoms with E-state index in [2.05, 4.69) is 62.5 Å². The van der Waals surface area contributed by atoms with E-state index < -0.39 is 0 Å². The van der Waals surface area contributed by atoms with Gasteiger partial charge in [0.2, 0.25) is 0 Å². The molecule has 0 amide bonds. The molecule has 2 aromatic heterocycles. The molecule has 0 bridgehead atoms. The monoisotopic (exact) mass is 452 g/mol. The fourth-order valence-corrected chi connectivity index (χ4v) is 4.42. The Morgan fingerprint density at radius 1 is 0.941 bits per heavy atom. The highest BCUT2D eigenvalue weighted by molar-refractivity contribution is 6.04. The van der Waals surface area contributed by atoms with Crippen LogP contribution >= 0.6 is 0 Å². The van der Waals surface area contributed by atoms with Gasteiger partial charge in [0.25, 0.3) is 5.95 Å². The molecule has 0 fully saturated rings. The Kier molecular flexibility index (Phi) is 6.33. The molecule has 7 heteroatoms. The third kappa shape index (κ3) is 4.17. The molecule has 5 rings (SSSR count). The van der Waals surface area contributed by atoms with Gasteiger partial charge in [0.1, 0.15) is 11.3 Å². The first-order chi connectivity index (χ1) is 16.8. The first-order valence-electron chi connectivity index (χ1n) is 11.8. The number of fused-ring (bicyclic) bond motifs is 4. The van der Waals surface area contributed by atoms with Crippen LogP contribution in [0.4, 0.5) is 5.95 Å². The van der Waals surface area contributed by atoms with Crippen molar-refractivity contribution in [2.24, 2.45) is 5.10 Å². The second-order valence-electron chi connectivity index (χ2n) is 8.31. The van der Waals surface area contributed by atoms with Gasteiger partial charge in [-0.25, -0.2) is 5.43 Å². The quantitative estimate of drug-likeness (QED) is 0.164. The second-order valence-corrected chi connectivity index (χ2v) is 8.31. The summed E-state index contributed by atoms with van der Waals surface area (Å²) in [5, 5.41) is 16.5. The third-order valence-electron chi connectivity index (χ3n) is 6.12. The topological polar surface area (TPSA) is 77.2 Å². The lowest BCUT2D eigenvalue weighted by molar-refractivity contribution is 0.415. The van der Waals surface area contributed by atoms with E-state index in [1.54, 1.807) is 13.3 Å². The zero-order valence-electron chi connectivity index (χ0n) is 19.5. The van der Waals surface area contributed by atoms with Crippen molar-refractivity contribution >= 4 is 45.0 Å². The molecule has 0 unspecified atom stereocenters. The normalized spacial score (nSPS) is 11.7. The van der Waals surface area contributed by atoms with Crippen LogP contribution in [0.5, 0.6) is 5.75 Å². The van der Waals surface area contributed by atoms with E-state index in [-0.39, 0.29) is 0 Å². The minimum Gasteiger partial charge on any atom is -0.496 e. The molecule has 0 aliphatic carbocycles. The molecular weight excluding hydrogens is 424 g/mol. The number of hydrogen-bond acceptors (Lipinski definition) is 6. The zero-order chi connectivity index (χ0) is 23.3. The Hall–Kier alpha value is -4.00. The van der Waals surface area contributed by atoms with Crippen molar-refractivity contribution in [1.82, 2.24) is 19.7 Å². The predicted molar refractivity (Wildman–Crippen MR) is 139 cm³/mol.